The van der Waals surface area contributed by atoms with Crippen molar-refractivity contribution in [3.05, 3.63) is 23.8 Å². The number of aromatic hydroxyl groups is 2. The number of phenols is 2. The highest BCUT2D eigenvalue weighted by molar-refractivity contribution is 5.97. The molecule has 5 nitrogen and oxygen atoms in total. The van der Waals surface area contributed by atoms with Crippen LogP contribution in [0.2, 0.25) is 0 Å². The molecular formula is C11H14N2O3. The van der Waals surface area contributed by atoms with E-state index in [2.05, 4.69) is 0 Å². The second-order valence-electron chi connectivity index (χ2n) is 4.00. The molecule has 0 aliphatic carbocycles. The van der Waals surface area contributed by atoms with Gasteiger partial charge >= 0.3 is 0 Å². The van der Waals surface area contributed by atoms with Gasteiger partial charge in [0.1, 0.15) is 11.5 Å². The Morgan fingerprint density at radius 3 is 2.75 bits per heavy atom. The molecule has 1 amide bonds. The maximum absolute atomic E-state index is 12.0. The zero-order valence-corrected chi connectivity index (χ0v) is 8.76. The average Bonchev–Trinajstić information content (AvgIpc) is 2.64. The van der Waals surface area contributed by atoms with E-state index in [0.29, 0.717) is 13.1 Å². The Morgan fingerprint density at radius 2 is 2.19 bits per heavy atom. The summed E-state index contributed by atoms with van der Waals surface area (Å²) in [5.74, 6) is -0.511. The lowest BCUT2D eigenvalue weighted by atomic mass is 10.1. The van der Waals surface area contributed by atoms with Crippen LogP contribution < -0.4 is 5.73 Å². The highest BCUT2D eigenvalue weighted by Crippen LogP contribution is 2.24. The van der Waals surface area contributed by atoms with Crippen molar-refractivity contribution in [2.24, 2.45) is 5.73 Å². The fourth-order valence-corrected chi connectivity index (χ4v) is 1.84. The maximum atomic E-state index is 12.0. The Balaban J connectivity index is 2.21. The predicted molar refractivity (Wildman–Crippen MR) is 58.3 cm³/mol. The maximum Gasteiger partial charge on any atom is 0.257 e. The molecule has 4 N–H and O–H groups in total. The quantitative estimate of drug-likeness (QED) is 0.636. The second kappa shape index (κ2) is 4.02. The van der Waals surface area contributed by atoms with E-state index in [1.165, 1.54) is 12.1 Å². The molecule has 1 aliphatic heterocycles. The van der Waals surface area contributed by atoms with Crippen molar-refractivity contribution in [3.63, 3.8) is 0 Å². The third-order valence-corrected chi connectivity index (χ3v) is 2.72. The number of nitrogens with zero attached hydrogens (tertiary/aromatic N) is 1. The van der Waals surface area contributed by atoms with E-state index < -0.39 is 0 Å². The Bertz CT molecular complexity index is 420. The molecule has 0 bridgehead atoms. The molecule has 86 valence electrons. The van der Waals surface area contributed by atoms with E-state index >= 15 is 0 Å². The first kappa shape index (κ1) is 10.8. The van der Waals surface area contributed by atoms with Crippen LogP contribution in [0.15, 0.2) is 18.2 Å². The number of nitrogens with two attached hydrogens (primary N) is 1. The van der Waals surface area contributed by atoms with E-state index in [0.717, 1.165) is 12.5 Å². The van der Waals surface area contributed by atoms with Gasteiger partial charge in [0.25, 0.3) is 5.91 Å². The number of likely N-dealkylation sites (tertiary alicyclic amines) is 1. The van der Waals surface area contributed by atoms with E-state index in [4.69, 9.17) is 10.8 Å². The van der Waals surface area contributed by atoms with Gasteiger partial charge in [-0.1, -0.05) is 0 Å². The monoisotopic (exact) mass is 222 g/mol. The first-order valence-corrected chi connectivity index (χ1v) is 5.15. The zero-order valence-electron chi connectivity index (χ0n) is 8.76. The molecule has 2 rings (SSSR count). The van der Waals surface area contributed by atoms with Gasteiger partial charge in [0, 0.05) is 25.2 Å². The van der Waals surface area contributed by atoms with Crippen molar-refractivity contribution in [1.29, 1.82) is 0 Å². The Kier molecular flexibility index (Phi) is 2.70. The first-order chi connectivity index (χ1) is 7.58. The number of rotatable bonds is 1. The number of amides is 1. The van der Waals surface area contributed by atoms with E-state index in [1.54, 1.807) is 4.90 Å². The fourth-order valence-electron chi connectivity index (χ4n) is 1.84. The van der Waals surface area contributed by atoms with Gasteiger partial charge in [-0.05, 0) is 18.6 Å². The molecule has 1 saturated heterocycles. The standard InChI is InChI=1S/C11H14N2O3/c12-7-3-4-13(6-7)11(16)9-2-1-8(14)5-10(9)15/h1-2,5,7,14-15H,3-4,6,12H2/t7-/m0/s1. The van der Waals surface area contributed by atoms with Crippen molar-refractivity contribution in [2.75, 3.05) is 13.1 Å². The minimum atomic E-state index is -0.245. The van der Waals surface area contributed by atoms with E-state index in [1.807, 2.05) is 0 Å². The third kappa shape index (κ3) is 1.94. The normalized spacial score (nSPS) is 20.1. The lowest BCUT2D eigenvalue weighted by Gasteiger charge is -2.16. The number of carbonyl (C=O) groups excluding carboxylic acids is 1. The molecule has 1 heterocycles. The number of carbonyl (C=O) groups is 1. The van der Waals surface area contributed by atoms with Crippen molar-refractivity contribution in [2.45, 2.75) is 12.5 Å². The topological polar surface area (TPSA) is 86.8 Å². The highest BCUT2D eigenvalue weighted by Gasteiger charge is 2.26. The smallest absolute Gasteiger partial charge is 0.257 e. The van der Waals surface area contributed by atoms with Gasteiger partial charge in [0.05, 0.1) is 5.56 Å². The van der Waals surface area contributed by atoms with Crippen LogP contribution in [-0.2, 0) is 0 Å². The lowest BCUT2D eigenvalue weighted by Crippen LogP contribution is -2.31. The highest BCUT2D eigenvalue weighted by atomic mass is 16.3. The number of hydrogen-bond donors (Lipinski definition) is 3. The number of hydrogen-bond acceptors (Lipinski definition) is 4. The summed E-state index contributed by atoms with van der Waals surface area (Å²) in [6, 6.07) is 3.96. The van der Waals surface area contributed by atoms with Gasteiger partial charge in [-0.25, -0.2) is 0 Å². The Hall–Kier alpha value is -1.75. The minimum absolute atomic E-state index is 0.0169. The van der Waals surface area contributed by atoms with Crippen molar-refractivity contribution in [1.82, 2.24) is 4.90 Å². The van der Waals surface area contributed by atoms with Crippen LogP contribution in [0.5, 0.6) is 11.5 Å². The summed E-state index contributed by atoms with van der Waals surface area (Å²) in [5, 5.41) is 18.7. The van der Waals surface area contributed by atoms with Gasteiger partial charge in [0.2, 0.25) is 0 Å². The molecule has 0 saturated carbocycles. The molecule has 0 aromatic heterocycles. The molecule has 16 heavy (non-hydrogen) atoms. The molecule has 0 radical (unpaired) electrons. The van der Waals surface area contributed by atoms with Crippen molar-refractivity contribution in [3.8, 4) is 11.5 Å². The average molecular weight is 222 g/mol. The van der Waals surface area contributed by atoms with Gasteiger partial charge < -0.3 is 20.8 Å². The third-order valence-electron chi connectivity index (χ3n) is 2.72. The van der Waals surface area contributed by atoms with Crippen LogP contribution in [0.25, 0.3) is 0 Å². The summed E-state index contributed by atoms with van der Waals surface area (Å²) in [6.45, 7) is 1.12. The fraction of sp³-hybridized carbons (Fsp3) is 0.364. The van der Waals surface area contributed by atoms with Crippen LogP contribution >= 0.6 is 0 Å². The molecule has 1 atom stereocenters. The molecule has 1 aromatic carbocycles. The SMILES string of the molecule is N[C@H]1CCN(C(=O)c2ccc(O)cc2O)C1. The lowest BCUT2D eigenvalue weighted by molar-refractivity contribution is 0.0788. The minimum Gasteiger partial charge on any atom is -0.508 e. The predicted octanol–water partition coefficient (Wildman–Crippen LogP) is 0.271. The second-order valence-corrected chi connectivity index (χ2v) is 4.00. The summed E-state index contributed by atoms with van der Waals surface area (Å²) in [5.41, 5.74) is 5.91. The van der Waals surface area contributed by atoms with Crippen molar-refractivity contribution < 1.29 is 15.0 Å². The molecule has 1 fully saturated rings. The molecule has 0 spiro atoms. The zero-order chi connectivity index (χ0) is 11.7. The molecule has 1 aliphatic rings. The Morgan fingerprint density at radius 1 is 1.44 bits per heavy atom. The van der Waals surface area contributed by atoms with Crippen LogP contribution in [0.1, 0.15) is 16.8 Å². The summed E-state index contributed by atoms with van der Waals surface area (Å²) in [7, 11) is 0. The van der Waals surface area contributed by atoms with E-state index in [-0.39, 0.29) is 29.0 Å². The van der Waals surface area contributed by atoms with Gasteiger partial charge in [-0.15, -0.1) is 0 Å². The largest absolute Gasteiger partial charge is 0.508 e. The van der Waals surface area contributed by atoms with Gasteiger partial charge in [-0.2, -0.15) is 0 Å². The van der Waals surface area contributed by atoms with Gasteiger partial charge in [-0.3, -0.25) is 4.79 Å². The number of phenolic OH excluding ortho intramolecular Hbond substituents is 2. The molecular weight excluding hydrogens is 208 g/mol. The van der Waals surface area contributed by atoms with E-state index in [9.17, 15) is 9.90 Å². The summed E-state index contributed by atoms with van der Waals surface area (Å²) < 4.78 is 0. The summed E-state index contributed by atoms with van der Waals surface area (Å²) in [6.07, 6.45) is 0.782. The van der Waals surface area contributed by atoms with Gasteiger partial charge in [0.15, 0.2) is 0 Å². The molecule has 5 heteroatoms. The Labute approximate surface area is 93.1 Å². The first-order valence-electron chi connectivity index (χ1n) is 5.15. The number of benzene rings is 1. The van der Waals surface area contributed by atoms with Crippen LogP contribution in [0.4, 0.5) is 0 Å². The van der Waals surface area contributed by atoms with Crippen LogP contribution in [0, 0.1) is 0 Å². The summed E-state index contributed by atoms with van der Waals surface area (Å²) in [4.78, 5) is 13.6. The molecule has 1 aromatic rings. The van der Waals surface area contributed by atoms with Crippen LogP contribution in [-0.4, -0.2) is 40.2 Å². The molecule has 0 unspecified atom stereocenters. The summed E-state index contributed by atoms with van der Waals surface area (Å²) >= 11 is 0. The van der Waals surface area contributed by atoms with Crippen LogP contribution in [0.3, 0.4) is 0 Å². The van der Waals surface area contributed by atoms with Crippen molar-refractivity contribution >= 4 is 5.91 Å².